The van der Waals surface area contributed by atoms with Crippen molar-refractivity contribution in [2.24, 2.45) is 5.92 Å². The zero-order valence-corrected chi connectivity index (χ0v) is 11.3. The van der Waals surface area contributed by atoms with Crippen LogP contribution >= 0.6 is 0 Å². The fourth-order valence-corrected chi connectivity index (χ4v) is 2.58. The molecule has 1 amide bonds. The van der Waals surface area contributed by atoms with Gasteiger partial charge in [-0.2, -0.15) is 0 Å². The summed E-state index contributed by atoms with van der Waals surface area (Å²) < 4.78 is 0. The van der Waals surface area contributed by atoms with Gasteiger partial charge in [0.05, 0.1) is 18.6 Å². The van der Waals surface area contributed by atoms with E-state index in [1.54, 1.807) is 0 Å². The van der Waals surface area contributed by atoms with E-state index in [0.29, 0.717) is 6.42 Å². The highest BCUT2D eigenvalue weighted by Gasteiger charge is 2.30. The van der Waals surface area contributed by atoms with Gasteiger partial charge in [0.15, 0.2) is 0 Å². The summed E-state index contributed by atoms with van der Waals surface area (Å²) >= 11 is 0. The normalized spacial score (nSPS) is 24.1. The van der Waals surface area contributed by atoms with E-state index in [2.05, 4.69) is 10.6 Å². The second-order valence-corrected chi connectivity index (χ2v) is 5.22. The molecule has 3 N–H and O–H groups in total. The molecule has 0 spiro atoms. The first kappa shape index (κ1) is 14.0. The molecule has 0 bridgehead atoms. The lowest BCUT2D eigenvalue weighted by atomic mass is 9.99. The van der Waals surface area contributed by atoms with Gasteiger partial charge in [-0.15, -0.1) is 0 Å². The second kappa shape index (κ2) is 6.68. The molecule has 0 aliphatic carbocycles. The SMILES string of the molecule is CC1NCCC1C(=O)N[C@H](CO)Cc1ccccc1. The van der Waals surface area contributed by atoms with Gasteiger partial charge in [0.25, 0.3) is 0 Å². The summed E-state index contributed by atoms with van der Waals surface area (Å²) in [5.74, 6) is 0.0669. The van der Waals surface area contributed by atoms with Gasteiger partial charge in [0, 0.05) is 6.04 Å². The largest absolute Gasteiger partial charge is 0.394 e. The van der Waals surface area contributed by atoms with Crippen molar-refractivity contribution in [2.75, 3.05) is 13.2 Å². The molecule has 4 nitrogen and oxygen atoms in total. The highest BCUT2D eigenvalue weighted by atomic mass is 16.3. The maximum absolute atomic E-state index is 12.2. The number of nitrogens with one attached hydrogen (secondary N) is 2. The van der Waals surface area contributed by atoms with Gasteiger partial charge in [-0.1, -0.05) is 30.3 Å². The van der Waals surface area contributed by atoms with Gasteiger partial charge >= 0.3 is 0 Å². The zero-order valence-electron chi connectivity index (χ0n) is 11.3. The number of aliphatic hydroxyl groups excluding tert-OH is 1. The van der Waals surface area contributed by atoms with Crippen LogP contribution in [0.3, 0.4) is 0 Å². The Kier molecular flexibility index (Phi) is 4.93. The first-order valence-corrected chi connectivity index (χ1v) is 6.89. The Labute approximate surface area is 114 Å². The van der Waals surface area contributed by atoms with Crippen LogP contribution in [0.5, 0.6) is 0 Å². The highest BCUT2D eigenvalue weighted by Crippen LogP contribution is 2.15. The third-order valence-electron chi connectivity index (χ3n) is 3.75. The number of benzene rings is 1. The molecule has 1 aromatic carbocycles. The Morgan fingerprint density at radius 1 is 1.47 bits per heavy atom. The summed E-state index contributed by atoms with van der Waals surface area (Å²) in [6.07, 6.45) is 1.54. The van der Waals surface area contributed by atoms with Crippen molar-refractivity contribution in [1.29, 1.82) is 0 Å². The molecule has 1 aromatic rings. The first-order valence-electron chi connectivity index (χ1n) is 6.89. The molecule has 104 valence electrons. The van der Waals surface area contributed by atoms with Crippen molar-refractivity contribution in [3.8, 4) is 0 Å². The van der Waals surface area contributed by atoms with Crippen LogP contribution in [0.1, 0.15) is 18.9 Å². The van der Waals surface area contributed by atoms with Crippen molar-refractivity contribution < 1.29 is 9.90 Å². The molecular weight excluding hydrogens is 240 g/mol. The van der Waals surface area contributed by atoms with E-state index in [4.69, 9.17) is 0 Å². The van der Waals surface area contributed by atoms with E-state index in [9.17, 15) is 9.90 Å². The zero-order chi connectivity index (χ0) is 13.7. The standard InChI is InChI=1S/C15H22N2O2/c1-11-14(7-8-16-11)15(19)17-13(10-18)9-12-5-3-2-4-6-12/h2-6,11,13-14,16,18H,7-10H2,1H3,(H,17,19)/t11?,13-,14?/m0/s1. The Balaban J connectivity index is 1.90. The molecule has 4 heteroatoms. The number of carbonyl (C=O) groups excluding carboxylic acids is 1. The number of aliphatic hydroxyl groups is 1. The van der Waals surface area contributed by atoms with Crippen LogP contribution in [0.15, 0.2) is 30.3 Å². The predicted octanol–water partition coefficient (Wildman–Crippen LogP) is 0.704. The van der Waals surface area contributed by atoms with Crippen molar-refractivity contribution in [3.63, 3.8) is 0 Å². The smallest absolute Gasteiger partial charge is 0.225 e. The summed E-state index contributed by atoms with van der Waals surface area (Å²) in [7, 11) is 0. The van der Waals surface area contributed by atoms with Gasteiger partial charge in [0.1, 0.15) is 0 Å². The van der Waals surface area contributed by atoms with Gasteiger partial charge in [-0.25, -0.2) is 0 Å². The lowest BCUT2D eigenvalue weighted by molar-refractivity contribution is -0.126. The molecule has 19 heavy (non-hydrogen) atoms. The Morgan fingerprint density at radius 3 is 2.79 bits per heavy atom. The highest BCUT2D eigenvalue weighted by molar-refractivity contribution is 5.80. The van der Waals surface area contributed by atoms with Crippen LogP contribution in [-0.2, 0) is 11.2 Å². The quantitative estimate of drug-likeness (QED) is 0.732. The minimum atomic E-state index is -0.206. The third kappa shape index (κ3) is 3.78. The molecule has 2 unspecified atom stereocenters. The summed E-state index contributed by atoms with van der Waals surface area (Å²) in [5, 5.41) is 15.6. The van der Waals surface area contributed by atoms with Crippen molar-refractivity contribution in [3.05, 3.63) is 35.9 Å². The summed E-state index contributed by atoms with van der Waals surface area (Å²) in [4.78, 5) is 12.2. The molecule has 1 saturated heterocycles. The van der Waals surface area contributed by atoms with Crippen LogP contribution in [0.25, 0.3) is 0 Å². The maximum Gasteiger partial charge on any atom is 0.225 e. The Bertz CT molecular complexity index is 408. The number of amides is 1. The molecule has 1 heterocycles. The monoisotopic (exact) mass is 262 g/mol. The van der Waals surface area contributed by atoms with E-state index in [1.807, 2.05) is 37.3 Å². The van der Waals surface area contributed by atoms with Crippen LogP contribution < -0.4 is 10.6 Å². The van der Waals surface area contributed by atoms with Crippen molar-refractivity contribution in [2.45, 2.75) is 31.8 Å². The first-order chi connectivity index (χ1) is 9.20. The average Bonchev–Trinajstić information content (AvgIpc) is 2.85. The minimum absolute atomic E-state index is 0.0184. The van der Waals surface area contributed by atoms with Crippen LogP contribution in [0, 0.1) is 5.92 Å². The lowest BCUT2D eigenvalue weighted by Gasteiger charge is -2.21. The van der Waals surface area contributed by atoms with Crippen LogP contribution in [0.4, 0.5) is 0 Å². The second-order valence-electron chi connectivity index (χ2n) is 5.22. The molecule has 0 aromatic heterocycles. The molecule has 1 aliphatic rings. The van der Waals surface area contributed by atoms with E-state index >= 15 is 0 Å². The fourth-order valence-electron chi connectivity index (χ4n) is 2.58. The van der Waals surface area contributed by atoms with Gasteiger partial charge < -0.3 is 15.7 Å². The van der Waals surface area contributed by atoms with Crippen LogP contribution in [-0.4, -0.2) is 36.2 Å². The predicted molar refractivity (Wildman–Crippen MR) is 74.7 cm³/mol. The van der Waals surface area contributed by atoms with Gasteiger partial charge in [0.2, 0.25) is 5.91 Å². The lowest BCUT2D eigenvalue weighted by Crippen LogP contribution is -2.44. The Hall–Kier alpha value is -1.39. The summed E-state index contributed by atoms with van der Waals surface area (Å²) in [5.41, 5.74) is 1.12. The number of rotatable bonds is 5. The molecule has 1 aliphatic heterocycles. The third-order valence-corrected chi connectivity index (χ3v) is 3.75. The van der Waals surface area contributed by atoms with Gasteiger partial charge in [-0.05, 0) is 31.9 Å². The van der Waals surface area contributed by atoms with E-state index in [1.165, 1.54) is 0 Å². The molecule has 0 radical (unpaired) electrons. The van der Waals surface area contributed by atoms with E-state index < -0.39 is 0 Å². The topological polar surface area (TPSA) is 61.4 Å². The number of carbonyl (C=O) groups is 1. The molecule has 3 atom stereocenters. The van der Waals surface area contributed by atoms with Crippen LogP contribution in [0.2, 0.25) is 0 Å². The summed E-state index contributed by atoms with van der Waals surface area (Å²) in [6, 6.07) is 9.92. The number of hydrogen-bond donors (Lipinski definition) is 3. The average molecular weight is 262 g/mol. The fraction of sp³-hybridized carbons (Fsp3) is 0.533. The number of hydrogen-bond acceptors (Lipinski definition) is 3. The maximum atomic E-state index is 12.2. The van der Waals surface area contributed by atoms with E-state index in [-0.39, 0.29) is 30.5 Å². The molecule has 1 fully saturated rings. The minimum Gasteiger partial charge on any atom is -0.394 e. The van der Waals surface area contributed by atoms with Crippen molar-refractivity contribution in [1.82, 2.24) is 10.6 Å². The molecule has 2 rings (SSSR count). The molecule has 0 saturated carbocycles. The molecular formula is C15H22N2O2. The van der Waals surface area contributed by atoms with Crippen molar-refractivity contribution >= 4 is 5.91 Å². The van der Waals surface area contributed by atoms with E-state index in [0.717, 1.165) is 18.5 Å². The van der Waals surface area contributed by atoms with Gasteiger partial charge in [-0.3, -0.25) is 4.79 Å². The summed E-state index contributed by atoms with van der Waals surface area (Å²) in [6.45, 7) is 2.89. The Morgan fingerprint density at radius 2 is 2.21 bits per heavy atom.